The second-order valence-corrected chi connectivity index (χ2v) is 8.77. The highest BCUT2D eigenvalue weighted by Crippen LogP contribution is 2.42. The Labute approximate surface area is 170 Å². The van der Waals surface area contributed by atoms with Crippen LogP contribution in [0.3, 0.4) is 0 Å². The molecular formula is C21H29NO5S. The first-order valence-corrected chi connectivity index (χ1v) is 10.9. The second-order valence-electron chi connectivity index (χ2n) is 7.60. The van der Waals surface area contributed by atoms with E-state index < -0.39 is 0 Å². The molecule has 7 heteroatoms. The predicted octanol–water partition coefficient (Wildman–Crippen LogP) is 3.54. The molecule has 1 aliphatic heterocycles. The number of carbonyl (C=O) groups excluding carboxylic acids is 1. The Morgan fingerprint density at radius 1 is 1.39 bits per heavy atom. The molecule has 5 atom stereocenters. The molecule has 1 aliphatic carbocycles. The Balaban J connectivity index is 1.54. The van der Waals surface area contributed by atoms with Crippen LogP contribution in [0, 0.1) is 29.1 Å². The lowest BCUT2D eigenvalue weighted by Gasteiger charge is -2.29. The fourth-order valence-electron chi connectivity index (χ4n) is 4.40. The van der Waals surface area contributed by atoms with Crippen molar-refractivity contribution in [3.05, 3.63) is 21.9 Å². The van der Waals surface area contributed by atoms with E-state index in [1.807, 2.05) is 6.07 Å². The first-order chi connectivity index (χ1) is 13.7. The highest BCUT2D eigenvalue weighted by molar-refractivity contribution is 7.13. The van der Waals surface area contributed by atoms with E-state index in [-0.39, 0.29) is 42.7 Å². The van der Waals surface area contributed by atoms with E-state index in [1.165, 1.54) is 18.4 Å². The first-order valence-electron chi connectivity index (χ1n) is 10.1. The number of hydrogen-bond donors (Lipinski definition) is 1. The molecule has 2 fully saturated rings. The minimum atomic E-state index is -0.304. The highest BCUT2D eigenvalue weighted by atomic mass is 32.1. The summed E-state index contributed by atoms with van der Waals surface area (Å²) in [5.74, 6) is -0.297. The summed E-state index contributed by atoms with van der Waals surface area (Å²) in [4.78, 5) is 13.3. The molecule has 2 heterocycles. The van der Waals surface area contributed by atoms with Gasteiger partial charge in [0, 0.05) is 24.0 Å². The molecule has 0 radical (unpaired) electrons. The van der Waals surface area contributed by atoms with Crippen LogP contribution in [0.25, 0.3) is 0 Å². The van der Waals surface area contributed by atoms with E-state index in [2.05, 4.69) is 6.07 Å². The fourth-order valence-corrected chi connectivity index (χ4v) is 5.36. The molecule has 1 aromatic rings. The van der Waals surface area contributed by atoms with Crippen LogP contribution in [-0.2, 0) is 20.6 Å². The minimum Gasteiger partial charge on any atom is -0.465 e. The van der Waals surface area contributed by atoms with E-state index in [4.69, 9.17) is 14.2 Å². The molecule has 1 aromatic heterocycles. The van der Waals surface area contributed by atoms with Crippen LogP contribution in [0.2, 0.25) is 0 Å². The molecule has 0 aromatic carbocycles. The molecule has 0 amide bonds. The van der Waals surface area contributed by atoms with Crippen LogP contribution in [0.5, 0.6) is 0 Å². The van der Waals surface area contributed by atoms with E-state index in [1.54, 1.807) is 6.07 Å². The SMILES string of the molecule is COC(=O)c1ccc(CCC[C@@H]2[C@@H](CO)[C@H](OC3CCCCO3)C[C@H]2C#N)s1. The lowest BCUT2D eigenvalue weighted by molar-refractivity contribution is -0.198. The third kappa shape index (κ3) is 5.12. The number of hydrogen-bond acceptors (Lipinski definition) is 7. The number of rotatable bonds is 8. The molecule has 1 saturated carbocycles. The quantitative estimate of drug-likeness (QED) is 0.663. The lowest BCUT2D eigenvalue weighted by atomic mass is 9.85. The molecule has 2 aliphatic rings. The summed E-state index contributed by atoms with van der Waals surface area (Å²) in [6.45, 7) is 0.756. The zero-order chi connectivity index (χ0) is 19.9. The van der Waals surface area contributed by atoms with Crippen LogP contribution >= 0.6 is 11.3 Å². The van der Waals surface area contributed by atoms with Gasteiger partial charge in [-0.25, -0.2) is 4.79 Å². The number of nitrogens with zero attached hydrogens (tertiary/aromatic N) is 1. The highest BCUT2D eigenvalue weighted by Gasteiger charge is 2.44. The van der Waals surface area contributed by atoms with Gasteiger partial charge in [0.05, 0.1) is 25.2 Å². The van der Waals surface area contributed by atoms with Crippen molar-refractivity contribution in [2.24, 2.45) is 17.8 Å². The van der Waals surface area contributed by atoms with Crippen molar-refractivity contribution in [3.8, 4) is 6.07 Å². The molecular weight excluding hydrogens is 378 g/mol. The van der Waals surface area contributed by atoms with Crippen molar-refractivity contribution >= 4 is 17.3 Å². The number of carbonyl (C=O) groups is 1. The number of aliphatic hydroxyl groups excluding tert-OH is 1. The molecule has 3 rings (SSSR count). The maximum Gasteiger partial charge on any atom is 0.348 e. The lowest BCUT2D eigenvalue weighted by Crippen LogP contribution is -2.33. The molecule has 1 saturated heterocycles. The molecule has 154 valence electrons. The monoisotopic (exact) mass is 407 g/mol. The summed E-state index contributed by atoms with van der Waals surface area (Å²) in [5, 5.41) is 19.6. The summed E-state index contributed by atoms with van der Waals surface area (Å²) >= 11 is 1.45. The molecule has 0 bridgehead atoms. The molecule has 6 nitrogen and oxygen atoms in total. The van der Waals surface area contributed by atoms with Gasteiger partial charge in [0.25, 0.3) is 0 Å². The summed E-state index contributed by atoms with van der Waals surface area (Å²) in [7, 11) is 1.38. The standard InChI is InChI=1S/C21H29NO5S/c1-25-21(24)19-9-8-15(28-19)5-4-6-16-14(12-22)11-18(17(16)13-23)27-20-7-2-3-10-26-20/h8-9,14,16-18,20,23H,2-7,10-11,13H2,1H3/t14-,16-,17+,18+,20?/m0/s1. The van der Waals surface area contributed by atoms with E-state index in [0.717, 1.165) is 50.0 Å². The average Bonchev–Trinajstić information content (AvgIpc) is 3.33. The Kier molecular flexibility index (Phi) is 7.86. The summed E-state index contributed by atoms with van der Waals surface area (Å²) in [6, 6.07) is 6.19. The Morgan fingerprint density at radius 3 is 2.93 bits per heavy atom. The van der Waals surface area contributed by atoms with E-state index in [9.17, 15) is 15.2 Å². The number of esters is 1. The van der Waals surface area contributed by atoms with Gasteiger partial charge in [-0.2, -0.15) is 5.26 Å². The zero-order valence-corrected chi connectivity index (χ0v) is 17.2. The van der Waals surface area contributed by atoms with Crippen molar-refractivity contribution in [2.75, 3.05) is 20.3 Å². The molecule has 0 spiro atoms. The van der Waals surface area contributed by atoms with Crippen molar-refractivity contribution in [3.63, 3.8) is 0 Å². The smallest absolute Gasteiger partial charge is 0.348 e. The summed E-state index contributed by atoms with van der Waals surface area (Å²) < 4.78 is 16.6. The molecule has 28 heavy (non-hydrogen) atoms. The fraction of sp³-hybridized carbons (Fsp3) is 0.714. The van der Waals surface area contributed by atoms with E-state index >= 15 is 0 Å². The predicted molar refractivity (Wildman–Crippen MR) is 105 cm³/mol. The number of thiophene rings is 1. The van der Waals surface area contributed by atoms with Gasteiger partial charge in [0.2, 0.25) is 0 Å². The Bertz CT molecular complexity index is 679. The number of methoxy groups -OCH3 is 1. The van der Waals surface area contributed by atoms with Crippen LogP contribution in [0.4, 0.5) is 0 Å². The Morgan fingerprint density at radius 2 is 2.25 bits per heavy atom. The minimum absolute atomic E-state index is 0.0239. The zero-order valence-electron chi connectivity index (χ0n) is 16.3. The van der Waals surface area contributed by atoms with Crippen molar-refractivity contribution in [1.29, 1.82) is 5.26 Å². The van der Waals surface area contributed by atoms with Gasteiger partial charge in [-0.1, -0.05) is 0 Å². The van der Waals surface area contributed by atoms with Gasteiger partial charge in [-0.05, 0) is 63.0 Å². The third-order valence-electron chi connectivity index (χ3n) is 5.88. The normalized spacial score (nSPS) is 30.1. The number of ether oxygens (including phenoxy) is 3. The van der Waals surface area contributed by atoms with Gasteiger partial charge in [-0.15, -0.1) is 11.3 Å². The van der Waals surface area contributed by atoms with Crippen LogP contribution < -0.4 is 0 Å². The van der Waals surface area contributed by atoms with Gasteiger partial charge in [0.15, 0.2) is 6.29 Å². The Hall–Kier alpha value is -1.46. The van der Waals surface area contributed by atoms with Gasteiger partial charge >= 0.3 is 5.97 Å². The summed E-state index contributed by atoms with van der Waals surface area (Å²) in [5.41, 5.74) is 0. The average molecular weight is 408 g/mol. The maximum absolute atomic E-state index is 11.6. The third-order valence-corrected chi connectivity index (χ3v) is 7.01. The molecule has 1 unspecified atom stereocenters. The number of nitriles is 1. The van der Waals surface area contributed by atoms with Crippen molar-refractivity contribution in [2.45, 2.75) is 57.3 Å². The van der Waals surface area contributed by atoms with Gasteiger partial charge in [0.1, 0.15) is 4.88 Å². The van der Waals surface area contributed by atoms with Crippen LogP contribution in [0.1, 0.15) is 53.1 Å². The second kappa shape index (κ2) is 10.4. The first kappa shape index (κ1) is 21.3. The summed E-state index contributed by atoms with van der Waals surface area (Å²) in [6.07, 6.45) is 6.02. The topological polar surface area (TPSA) is 88.8 Å². The maximum atomic E-state index is 11.6. The van der Waals surface area contributed by atoms with Crippen LogP contribution in [0.15, 0.2) is 12.1 Å². The van der Waals surface area contributed by atoms with Crippen molar-refractivity contribution in [1.82, 2.24) is 0 Å². The van der Waals surface area contributed by atoms with Crippen molar-refractivity contribution < 1.29 is 24.1 Å². The van der Waals surface area contributed by atoms with E-state index in [0.29, 0.717) is 11.3 Å². The number of aliphatic hydroxyl groups is 1. The van der Waals surface area contributed by atoms with Crippen LogP contribution in [-0.4, -0.2) is 43.8 Å². The van der Waals surface area contributed by atoms with Gasteiger partial charge < -0.3 is 19.3 Å². The largest absolute Gasteiger partial charge is 0.465 e. The van der Waals surface area contributed by atoms with Gasteiger partial charge in [-0.3, -0.25) is 0 Å². The molecule has 1 N–H and O–H groups in total. The number of aryl methyl sites for hydroxylation is 1.